The highest BCUT2D eigenvalue weighted by Crippen LogP contribution is 2.33. The van der Waals surface area contributed by atoms with Gasteiger partial charge in [0.2, 0.25) is 0 Å². The number of imidazole rings is 1. The topological polar surface area (TPSA) is 175 Å². The normalized spacial score (nSPS) is 10.9. The number of fused-ring (bicyclic) bond motifs is 1. The first-order valence-corrected chi connectivity index (χ1v) is 16.5. The van der Waals surface area contributed by atoms with E-state index in [0.717, 1.165) is 37.6 Å². The van der Waals surface area contributed by atoms with Gasteiger partial charge in [-0.2, -0.15) is 0 Å². The highest BCUT2D eigenvalue weighted by Gasteiger charge is 2.24. The van der Waals surface area contributed by atoms with Crippen molar-refractivity contribution in [3.05, 3.63) is 77.2 Å². The summed E-state index contributed by atoms with van der Waals surface area (Å²) in [6.45, 7) is 4.78. The van der Waals surface area contributed by atoms with E-state index in [9.17, 15) is 14.4 Å². The number of nitrogens with one attached hydrogen (secondary N) is 2. The Morgan fingerprint density at radius 2 is 1.82 bits per heavy atom. The number of unbranched alkanes of at least 4 members (excludes halogenated alkanes) is 4. The van der Waals surface area contributed by atoms with E-state index in [0.29, 0.717) is 28.4 Å². The van der Waals surface area contributed by atoms with Gasteiger partial charge in [0.25, 0.3) is 5.91 Å². The molecule has 0 aliphatic carbocycles. The summed E-state index contributed by atoms with van der Waals surface area (Å²) in [6.07, 6.45) is 6.73. The number of aromatic nitrogens is 3. The molecule has 13 heteroatoms. The minimum Gasteiger partial charge on any atom is -0.494 e. The number of amidine groups is 1. The molecule has 2 aromatic carbocycles. The van der Waals surface area contributed by atoms with Crippen LogP contribution in [-0.4, -0.2) is 65.1 Å². The van der Waals surface area contributed by atoms with Gasteiger partial charge in [0, 0.05) is 25.4 Å². The second-order valence-corrected chi connectivity index (χ2v) is 11.4. The number of carbonyl (C=O) groups is 3. The lowest BCUT2D eigenvalue weighted by Gasteiger charge is -2.21. The molecule has 1 amide bonds. The largest absolute Gasteiger partial charge is 0.494 e. The predicted molar refractivity (Wildman–Crippen MR) is 188 cm³/mol. The van der Waals surface area contributed by atoms with Crippen LogP contribution < -0.4 is 20.7 Å². The summed E-state index contributed by atoms with van der Waals surface area (Å²) in [5.74, 6) is -0.292. The number of nitrogens with two attached hydrogens (primary N) is 1. The number of hydrogen-bond acceptors (Lipinski definition) is 10. The molecule has 0 saturated carbocycles. The van der Waals surface area contributed by atoms with Gasteiger partial charge in [0.15, 0.2) is 5.75 Å². The van der Waals surface area contributed by atoms with Crippen LogP contribution in [0.2, 0.25) is 0 Å². The maximum Gasteiger partial charge on any atom is 0.339 e. The number of aryl methyl sites for hydroxylation is 1. The van der Waals surface area contributed by atoms with Crippen LogP contribution in [0.4, 0.5) is 11.5 Å². The third-order valence-electron chi connectivity index (χ3n) is 8.01. The van der Waals surface area contributed by atoms with Gasteiger partial charge in [0.05, 0.1) is 61.1 Å². The van der Waals surface area contributed by atoms with Gasteiger partial charge in [0.1, 0.15) is 17.5 Å². The Morgan fingerprint density at radius 3 is 2.51 bits per heavy atom. The molecule has 4 N–H and O–H groups in total. The molecule has 0 unspecified atom stereocenters. The Hall–Kier alpha value is -5.46. The van der Waals surface area contributed by atoms with E-state index < -0.39 is 11.9 Å². The molecule has 0 atom stereocenters. The molecule has 0 saturated heterocycles. The third-order valence-corrected chi connectivity index (χ3v) is 8.01. The zero-order valence-electron chi connectivity index (χ0n) is 28.6. The molecule has 2 aromatic heterocycles. The SMILES string of the molecule is CCCCCCCOC(=O)c1ccc(NCc2nc3cc(C(=O)N(CCC(=O)OCC)c4ccccn4)ccc3n2C)c(OC)c1C(=N)N. The lowest BCUT2D eigenvalue weighted by molar-refractivity contribution is -0.142. The molecule has 0 aliphatic rings. The van der Waals surface area contributed by atoms with Crippen LogP contribution in [0.15, 0.2) is 54.7 Å². The lowest BCUT2D eigenvalue weighted by Crippen LogP contribution is -2.34. The number of benzene rings is 2. The molecule has 13 nitrogen and oxygen atoms in total. The summed E-state index contributed by atoms with van der Waals surface area (Å²) in [7, 11) is 3.32. The minimum absolute atomic E-state index is 0.0217. The van der Waals surface area contributed by atoms with E-state index in [1.54, 1.807) is 55.6 Å². The predicted octanol–water partition coefficient (Wildman–Crippen LogP) is 5.60. The van der Waals surface area contributed by atoms with Gasteiger partial charge in [-0.05, 0) is 55.8 Å². The van der Waals surface area contributed by atoms with Crippen molar-refractivity contribution < 1.29 is 28.6 Å². The van der Waals surface area contributed by atoms with E-state index in [4.69, 9.17) is 30.3 Å². The van der Waals surface area contributed by atoms with Crippen molar-refractivity contribution >= 4 is 46.2 Å². The van der Waals surface area contributed by atoms with Crippen LogP contribution in [0.3, 0.4) is 0 Å². The summed E-state index contributed by atoms with van der Waals surface area (Å²) < 4.78 is 18.1. The molecule has 0 aliphatic heterocycles. The average Bonchev–Trinajstić information content (AvgIpc) is 3.42. The van der Waals surface area contributed by atoms with Gasteiger partial charge < -0.3 is 29.8 Å². The van der Waals surface area contributed by atoms with Crippen LogP contribution in [-0.2, 0) is 27.9 Å². The minimum atomic E-state index is -0.561. The molecule has 0 fully saturated rings. The number of pyridine rings is 1. The summed E-state index contributed by atoms with van der Waals surface area (Å²) in [6, 6.07) is 13.7. The number of methoxy groups -OCH3 is 1. The number of hydrogen-bond donors (Lipinski definition) is 3. The first-order chi connectivity index (χ1) is 23.7. The molecule has 4 aromatic rings. The fourth-order valence-electron chi connectivity index (χ4n) is 5.46. The summed E-state index contributed by atoms with van der Waals surface area (Å²) in [5, 5.41) is 11.5. The monoisotopic (exact) mass is 671 g/mol. The molecule has 49 heavy (non-hydrogen) atoms. The van der Waals surface area contributed by atoms with Crippen LogP contribution in [0.1, 0.15) is 84.5 Å². The fraction of sp³-hybridized carbons (Fsp3) is 0.389. The standard InChI is InChI=1S/C36H45N7O6/c1-5-7-8-9-12-21-49-36(46)25-15-16-26(33(47-4)32(25)34(37)38)40-23-30-41-27-22-24(14-17-28(27)42(30)3)35(45)43(20-18-31(44)48-6-2)29-13-10-11-19-39-29/h10-11,13-17,19,22,40H,5-9,12,18,20-21,23H2,1-4H3,(H3,37,38). The van der Waals surface area contributed by atoms with Crippen molar-refractivity contribution in [2.24, 2.45) is 12.8 Å². The van der Waals surface area contributed by atoms with E-state index in [2.05, 4.69) is 17.2 Å². The quantitative estimate of drug-likeness (QED) is 0.0523. The van der Waals surface area contributed by atoms with E-state index in [-0.39, 0.29) is 61.3 Å². The highest BCUT2D eigenvalue weighted by atomic mass is 16.5. The molecule has 260 valence electrons. The van der Waals surface area contributed by atoms with Crippen LogP contribution in [0.5, 0.6) is 5.75 Å². The summed E-state index contributed by atoms with van der Waals surface area (Å²) in [5.41, 5.74) is 8.53. The van der Waals surface area contributed by atoms with Gasteiger partial charge in [-0.3, -0.25) is 19.9 Å². The maximum atomic E-state index is 13.7. The van der Waals surface area contributed by atoms with Crippen molar-refractivity contribution in [1.29, 1.82) is 5.41 Å². The number of ether oxygens (including phenoxy) is 3. The average molecular weight is 672 g/mol. The van der Waals surface area contributed by atoms with Crippen molar-refractivity contribution in [3.63, 3.8) is 0 Å². The van der Waals surface area contributed by atoms with Crippen molar-refractivity contribution in [1.82, 2.24) is 14.5 Å². The zero-order chi connectivity index (χ0) is 35.3. The molecule has 0 radical (unpaired) electrons. The fourth-order valence-corrected chi connectivity index (χ4v) is 5.46. The number of nitrogens with zero attached hydrogens (tertiary/aromatic N) is 4. The van der Waals surface area contributed by atoms with Crippen LogP contribution >= 0.6 is 0 Å². The van der Waals surface area contributed by atoms with E-state index in [1.807, 2.05) is 17.7 Å². The van der Waals surface area contributed by atoms with Crippen molar-refractivity contribution in [3.8, 4) is 5.75 Å². The lowest BCUT2D eigenvalue weighted by atomic mass is 10.0. The number of anilines is 2. The molecule has 0 bridgehead atoms. The smallest absolute Gasteiger partial charge is 0.339 e. The van der Waals surface area contributed by atoms with Crippen molar-refractivity contribution in [2.45, 2.75) is 58.9 Å². The van der Waals surface area contributed by atoms with Gasteiger partial charge in [-0.1, -0.05) is 38.7 Å². The Labute approximate surface area is 286 Å². The zero-order valence-corrected chi connectivity index (χ0v) is 28.6. The molecule has 4 rings (SSSR count). The van der Waals surface area contributed by atoms with Gasteiger partial charge in [-0.25, -0.2) is 14.8 Å². The summed E-state index contributed by atoms with van der Waals surface area (Å²) >= 11 is 0. The second kappa shape index (κ2) is 17.6. The number of carbonyl (C=O) groups excluding carboxylic acids is 3. The molecule has 0 spiro atoms. The Balaban J connectivity index is 1.53. The Bertz CT molecular complexity index is 1770. The summed E-state index contributed by atoms with van der Waals surface area (Å²) in [4.78, 5) is 49.3. The second-order valence-electron chi connectivity index (χ2n) is 11.4. The number of nitrogen functional groups attached to an aromatic ring is 1. The van der Waals surface area contributed by atoms with Gasteiger partial charge >= 0.3 is 11.9 Å². The highest BCUT2D eigenvalue weighted by molar-refractivity contribution is 6.09. The number of rotatable bonds is 18. The van der Waals surface area contributed by atoms with Crippen molar-refractivity contribution in [2.75, 3.05) is 37.1 Å². The first-order valence-electron chi connectivity index (χ1n) is 16.5. The molecular weight excluding hydrogens is 626 g/mol. The maximum absolute atomic E-state index is 13.7. The van der Waals surface area contributed by atoms with Crippen LogP contribution in [0, 0.1) is 5.41 Å². The third kappa shape index (κ3) is 9.12. The number of amides is 1. The Morgan fingerprint density at radius 1 is 1.02 bits per heavy atom. The van der Waals surface area contributed by atoms with E-state index in [1.165, 1.54) is 12.0 Å². The number of esters is 2. The molecular formula is C36H45N7O6. The van der Waals surface area contributed by atoms with E-state index >= 15 is 0 Å². The Kier molecular flexibility index (Phi) is 13.1. The first kappa shape index (κ1) is 36.4. The van der Waals surface area contributed by atoms with Crippen LogP contribution in [0.25, 0.3) is 11.0 Å². The molecule has 2 heterocycles. The van der Waals surface area contributed by atoms with Gasteiger partial charge in [-0.15, -0.1) is 0 Å².